The molecule has 2 aliphatic rings. The summed E-state index contributed by atoms with van der Waals surface area (Å²) >= 11 is 0. The van der Waals surface area contributed by atoms with Gasteiger partial charge in [0, 0.05) is 12.6 Å². The van der Waals surface area contributed by atoms with Gasteiger partial charge in [0.05, 0.1) is 6.26 Å². The highest BCUT2D eigenvalue weighted by molar-refractivity contribution is 5.30. The van der Waals surface area contributed by atoms with Crippen molar-refractivity contribution in [1.29, 1.82) is 0 Å². The zero-order chi connectivity index (χ0) is 12.2. The van der Waals surface area contributed by atoms with Crippen molar-refractivity contribution in [3.63, 3.8) is 0 Å². The van der Waals surface area contributed by atoms with Crippen LogP contribution in [0.4, 0.5) is 0 Å². The zero-order valence-corrected chi connectivity index (χ0v) is 10.8. The van der Waals surface area contributed by atoms with Gasteiger partial charge < -0.3 is 10.1 Å². The van der Waals surface area contributed by atoms with E-state index in [-0.39, 0.29) is 0 Å². The second-order valence-corrected chi connectivity index (χ2v) is 5.32. The molecule has 1 aromatic rings. The quantitative estimate of drug-likeness (QED) is 0.881. The van der Waals surface area contributed by atoms with Gasteiger partial charge in [-0.05, 0) is 49.3 Å². The van der Waals surface area contributed by atoms with E-state index in [0.717, 1.165) is 19.4 Å². The Morgan fingerprint density at radius 1 is 1.17 bits per heavy atom. The Balaban J connectivity index is 1.52. The van der Waals surface area contributed by atoms with Gasteiger partial charge in [-0.3, -0.25) is 0 Å². The van der Waals surface area contributed by atoms with E-state index in [9.17, 15) is 0 Å². The molecule has 0 saturated heterocycles. The summed E-state index contributed by atoms with van der Waals surface area (Å²) in [6.45, 7) is 0.983. The number of fused-ring (bicyclic) bond motifs is 1. The van der Waals surface area contributed by atoms with Gasteiger partial charge in [0.2, 0.25) is 0 Å². The predicted molar refractivity (Wildman–Crippen MR) is 73.5 cm³/mol. The van der Waals surface area contributed by atoms with Crippen LogP contribution < -0.4 is 5.32 Å². The number of hydrogen-bond donors (Lipinski definition) is 1. The molecule has 96 valence electrons. The molecule has 1 aliphatic heterocycles. The molecule has 1 aromatic carbocycles. The van der Waals surface area contributed by atoms with Crippen molar-refractivity contribution in [2.24, 2.45) is 0 Å². The van der Waals surface area contributed by atoms with Crippen LogP contribution in [0.1, 0.15) is 30.4 Å². The maximum atomic E-state index is 5.60. The van der Waals surface area contributed by atoms with Crippen molar-refractivity contribution in [3.05, 3.63) is 47.7 Å². The average Bonchev–Trinajstić information content (AvgIpc) is 2.46. The topological polar surface area (TPSA) is 21.3 Å². The number of hydrogen-bond acceptors (Lipinski definition) is 2. The molecule has 2 heteroatoms. The Hall–Kier alpha value is -1.28. The van der Waals surface area contributed by atoms with E-state index in [1.54, 1.807) is 0 Å². The molecular formula is C16H21NO. The lowest BCUT2D eigenvalue weighted by Crippen LogP contribution is -2.40. The zero-order valence-electron chi connectivity index (χ0n) is 10.8. The Bertz CT molecular complexity index is 427. The van der Waals surface area contributed by atoms with Gasteiger partial charge in [-0.25, -0.2) is 0 Å². The molecule has 1 aliphatic carbocycles. The van der Waals surface area contributed by atoms with E-state index in [4.69, 9.17) is 4.74 Å². The molecule has 0 amide bonds. The van der Waals surface area contributed by atoms with Gasteiger partial charge in [0.25, 0.3) is 0 Å². The maximum absolute atomic E-state index is 5.60. The molecule has 0 bridgehead atoms. The molecule has 3 rings (SSSR count). The molecule has 2 atom stereocenters. The number of nitrogens with one attached hydrogen (secondary N) is 1. The lowest BCUT2D eigenvalue weighted by Gasteiger charge is -2.28. The number of allylic oxidation sites excluding steroid dienone is 1. The molecule has 0 aromatic heterocycles. The fourth-order valence-corrected chi connectivity index (χ4v) is 2.91. The number of ether oxygens (including phenoxy) is 1. The first kappa shape index (κ1) is 11.8. The molecule has 0 fully saturated rings. The maximum Gasteiger partial charge on any atom is 0.110 e. The highest BCUT2D eigenvalue weighted by Crippen LogP contribution is 2.21. The minimum atomic E-state index is 0.368. The summed E-state index contributed by atoms with van der Waals surface area (Å²) in [5, 5.41) is 3.67. The Kier molecular flexibility index (Phi) is 3.65. The first-order valence-corrected chi connectivity index (χ1v) is 7.02. The molecule has 0 spiro atoms. The van der Waals surface area contributed by atoms with Gasteiger partial charge >= 0.3 is 0 Å². The number of aryl methyl sites for hydroxylation is 1. The van der Waals surface area contributed by atoms with E-state index < -0.39 is 0 Å². The normalized spacial score (nSPS) is 26.4. The monoisotopic (exact) mass is 243 g/mol. The lowest BCUT2D eigenvalue weighted by molar-refractivity contribution is 0.118. The van der Waals surface area contributed by atoms with Crippen LogP contribution in [0.25, 0.3) is 0 Å². The van der Waals surface area contributed by atoms with Crippen molar-refractivity contribution < 1.29 is 4.74 Å². The van der Waals surface area contributed by atoms with Crippen LogP contribution in [0.2, 0.25) is 0 Å². The summed E-state index contributed by atoms with van der Waals surface area (Å²) in [4.78, 5) is 0. The third kappa shape index (κ3) is 2.75. The summed E-state index contributed by atoms with van der Waals surface area (Å²) < 4.78 is 5.60. The first-order valence-electron chi connectivity index (χ1n) is 7.02. The fraction of sp³-hybridized carbons (Fsp3) is 0.500. The minimum Gasteiger partial charge on any atom is -0.497 e. The van der Waals surface area contributed by atoms with Crippen LogP contribution in [-0.2, 0) is 17.6 Å². The van der Waals surface area contributed by atoms with E-state index in [1.807, 2.05) is 6.26 Å². The molecule has 1 N–H and O–H groups in total. The van der Waals surface area contributed by atoms with E-state index in [2.05, 4.69) is 35.7 Å². The van der Waals surface area contributed by atoms with E-state index >= 15 is 0 Å². The molecule has 0 saturated carbocycles. The van der Waals surface area contributed by atoms with Gasteiger partial charge in [0.1, 0.15) is 6.10 Å². The summed E-state index contributed by atoms with van der Waals surface area (Å²) in [7, 11) is 0. The second kappa shape index (κ2) is 5.57. The van der Waals surface area contributed by atoms with Crippen molar-refractivity contribution in [3.8, 4) is 0 Å². The first-order chi connectivity index (χ1) is 8.92. The Morgan fingerprint density at radius 3 is 2.89 bits per heavy atom. The Morgan fingerprint density at radius 2 is 2.06 bits per heavy atom. The fourth-order valence-electron chi connectivity index (χ4n) is 2.91. The van der Waals surface area contributed by atoms with Crippen LogP contribution in [0.15, 0.2) is 36.6 Å². The summed E-state index contributed by atoms with van der Waals surface area (Å²) in [6.07, 6.45) is 10.2. The average molecular weight is 243 g/mol. The summed E-state index contributed by atoms with van der Waals surface area (Å²) in [6, 6.07) is 9.45. The van der Waals surface area contributed by atoms with Crippen LogP contribution >= 0.6 is 0 Å². The van der Waals surface area contributed by atoms with Gasteiger partial charge in [-0.15, -0.1) is 0 Å². The molecular weight excluding hydrogens is 222 g/mol. The van der Waals surface area contributed by atoms with Crippen molar-refractivity contribution >= 4 is 0 Å². The minimum absolute atomic E-state index is 0.368. The SMILES string of the molecule is C1=COC(CNC2CCc3ccccc3C2)CC1. The third-order valence-electron chi connectivity index (χ3n) is 4.00. The van der Waals surface area contributed by atoms with Crippen molar-refractivity contribution in [1.82, 2.24) is 5.32 Å². The van der Waals surface area contributed by atoms with Crippen LogP contribution in [0.3, 0.4) is 0 Å². The smallest absolute Gasteiger partial charge is 0.110 e. The number of rotatable bonds is 3. The second-order valence-electron chi connectivity index (χ2n) is 5.32. The third-order valence-corrected chi connectivity index (χ3v) is 4.00. The van der Waals surface area contributed by atoms with Crippen molar-refractivity contribution in [2.75, 3.05) is 6.54 Å². The Labute approximate surface area is 109 Å². The molecule has 2 unspecified atom stereocenters. The molecule has 0 radical (unpaired) electrons. The predicted octanol–water partition coefficient (Wildman–Crippen LogP) is 2.83. The van der Waals surface area contributed by atoms with Crippen LogP contribution in [0.5, 0.6) is 0 Å². The largest absolute Gasteiger partial charge is 0.497 e. The summed E-state index contributed by atoms with van der Waals surface area (Å²) in [5.41, 5.74) is 3.05. The van der Waals surface area contributed by atoms with Gasteiger partial charge in [0.15, 0.2) is 0 Å². The van der Waals surface area contributed by atoms with Crippen LogP contribution in [-0.4, -0.2) is 18.7 Å². The number of benzene rings is 1. The highest BCUT2D eigenvalue weighted by atomic mass is 16.5. The summed E-state index contributed by atoms with van der Waals surface area (Å²) in [5.74, 6) is 0. The molecule has 1 heterocycles. The van der Waals surface area contributed by atoms with E-state index in [0.29, 0.717) is 12.1 Å². The van der Waals surface area contributed by atoms with Crippen molar-refractivity contribution in [2.45, 2.75) is 44.2 Å². The standard InChI is InChI=1S/C16H21NO/c1-2-6-14-11-15(9-8-13(14)5-1)17-12-16-7-3-4-10-18-16/h1-2,4-6,10,15-17H,3,7-9,11-12H2. The van der Waals surface area contributed by atoms with Gasteiger partial charge in [-0.1, -0.05) is 24.3 Å². The molecule has 18 heavy (non-hydrogen) atoms. The van der Waals surface area contributed by atoms with E-state index in [1.165, 1.54) is 30.4 Å². The molecule has 2 nitrogen and oxygen atoms in total. The van der Waals surface area contributed by atoms with Gasteiger partial charge in [-0.2, -0.15) is 0 Å². The highest BCUT2D eigenvalue weighted by Gasteiger charge is 2.19. The van der Waals surface area contributed by atoms with Crippen LogP contribution in [0, 0.1) is 0 Å². The lowest BCUT2D eigenvalue weighted by atomic mass is 9.88.